The summed E-state index contributed by atoms with van der Waals surface area (Å²) in [5, 5.41) is 14.1. The van der Waals surface area contributed by atoms with Crippen molar-refractivity contribution in [1.82, 2.24) is 14.8 Å². The van der Waals surface area contributed by atoms with Crippen molar-refractivity contribution in [3.63, 3.8) is 0 Å². The van der Waals surface area contributed by atoms with Gasteiger partial charge in [0.1, 0.15) is 5.82 Å². The Kier molecular flexibility index (Phi) is 6.85. The number of thiazole rings is 1. The number of β-amino-alcohol motifs (C(OH)–C–C–N with tert-alkyl or cyclic N) is 1. The average molecular weight is 469 g/mol. The van der Waals surface area contributed by atoms with E-state index in [1.807, 2.05) is 9.80 Å². The minimum Gasteiger partial charge on any atom is -0.387 e. The number of amides is 1. The Hall–Kier alpha value is -2.01. The molecule has 2 aromatic rings. The van der Waals surface area contributed by atoms with Crippen molar-refractivity contribution in [1.29, 1.82) is 0 Å². The van der Waals surface area contributed by atoms with Crippen LogP contribution in [0, 0.1) is 5.82 Å². The summed E-state index contributed by atoms with van der Waals surface area (Å²) in [5.41, 5.74) is -0.427. The minimum atomic E-state index is -2.61. The number of anilines is 1. The summed E-state index contributed by atoms with van der Waals surface area (Å²) < 4.78 is 40.5. The lowest BCUT2D eigenvalue weighted by atomic mass is 10.00. The second kappa shape index (κ2) is 9.46. The molecule has 2 aliphatic rings. The summed E-state index contributed by atoms with van der Waals surface area (Å²) in [5.74, 6) is -3.12. The fourth-order valence-electron chi connectivity index (χ4n) is 4.30. The maximum Gasteiger partial charge on any atom is 0.250 e. The molecule has 2 fully saturated rings. The zero-order valence-electron chi connectivity index (χ0n) is 17.7. The second-order valence-corrected chi connectivity index (χ2v) is 9.88. The topological polar surface area (TPSA) is 68.7 Å². The third-order valence-electron chi connectivity index (χ3n) is 6.01. The van der Waals surface area contributed by atoms with E-state index in [0.717, 1.165) is 4.88 Å². The molecule has 0 spiro atoms. The van der Waals surface area contributed by atoms with Gasteiger partial charge in [-0.2, -0.15) is 0 Å². The Morgan fingerprint density at radius 1 is 1.16 bits per heavy atom. The third kappa shape index (κ3) is 6.06. The molecule has 32 heavy (non-hydrogen) atoms. The molecule has 1 aromatic carbocycles. The van der Waals surface area contributed by atoms with Gasteiger partial charge in [0.15, 0.2) is 5.13 Å². The molecule has 0 bridgehead atoms. The molecule has 174 valence electrons. The molecule has 2 N–H and O–H groups in total. The van der Waals surface area contributed by atoms with Crippen LogP contribution in [0.4, 0.5) is 18.3 Å². The molecular formula is C22H27F3N4O2S. The average Bonchev–Trinajstić information content (AvgIpc) is 3.31. The van der Waals surface area contributed by atoms with Gasteiger partial charge in [0.05, 0.1) is 12.1 Å². The van der Waals surface area contributed by atoms with Gasteiger partial charge in [0.25, 0.3) is 5.92 Å². The molecule has 0 aliphatic carbocycles. The summed E-state index contributed by atoms with van der Waals surface area (Å²) in [6, 6.07) is 6.55. The van der Waals surface area contributed by atoms with Gasteiger partial charge in [-0.1, -0.05) is 18.2 Å². The molecular weight excluding hydrogens is 441 g/mol. The monoisotopic (exact) mass is 468 g/mol. The fraction of sp³-hybridized carbons (Fsp3) is 0.545. The van der Waals surface area contributed by atoms with Gasteiger partial charge in [-0.15, -0.1) is 11.3 Å². The predicted molar refractivity (Wildman–Crippen MR) is 117 cm³/mol. The highest BCUT2D eigenvalue weighted by atomic mass is 32.1. The lowest BCUT2D eigenvalue weighted by Crippen LogP contribution is -2.49. The lowest BCUT2D eigenvalue weighted by molar-refractivity contribution is -0.117. The number of piperidine rings is 1. The molecule has 0 radical (unpaired) electrons. The molecule has 1 unspecified atom stereocenters. The number of aliphatic hydroxyl groups is 1. The van der Waals surface area contributed by atoms with Gasteiger partial charge >= 0.3 is 0 Å². The number of halogens is 3. The van der Waals surface area contributed by atoms with Crippen molar-refractivity contribution >= 4 is 22.4 Å². The van der Waals surface area contributed by atoms with E-state index in [4.69, 9.17) is 0 Å². The number of likely N-dealkylation sites (tertiary alicyclic amines) is 2. The van der Waals surface area contributed by atoms with Gasteiger partial charge in [-0.3, -0.25) is 14.6 Å². The summed E-state index contributed by atoms with van der Waals surface area (Å²) in [6.45, 7) is 1.88. The summed E-state index contributed by atoms with van der Waals surface area (Å²) >= 11 is 1.30. The van der Waals surface area contributed by atoms with E-state index < -0.39 is 11.5 Å². The molecule has 1 atom stereocenters. The molecule has 3 heterocycles. The van der Waals surface area contributed by atoms with E-state index in [9.17, 15) is 23.1 Å². The van der Waals surface area contributed by atoms with E-state index in [2.05, 4.69) is 10.3 Å². The van der Waals surface area contributed by atoms with Gasteiger partial charge in [-0.05, 0) is 18.1 Å². The van der Waals surface area contributed by atoms with E-state index in [0.29, 0.717) is 43.2 Å². The molecule has 1 amide bonds. The Labute approximate surface area is 189 Å². The van der Waals surface area contributed by atoms with Crippen LogP contribution in [0.1, 0.15) is 29.7 Å². The van der Waals surface area contributed by atoms with Crippen LogP contribution in [0.5, 0.6) is 0 Å². The van der Waals surface area contributed by atoms with E-state index >= 15 is 0 Å². The van der Waals surface area contributed by atoms with Crippen molar-refractivity contribution in [2.24, 2.45) is 0 Å². The number of rotatable bonds is 7. The Balaban J connectivity index is 1.24. The van der Waals surface area contributed by atoms with Crippen LogP contribution in [-0.4, -0.2) is 76.6 Å². The van der Waals surface area contributed by atoms with Crippen molar-refractivity contribution in [3.8, 4) is 0 Å². The van der Waals surface area contributed by atoms with E-state index in [1.54, 1.807) is 24.4 Å². The van der Waals surface area contributed by atoms with Crippen molar-refractivity contribution in [2.45, 2.75) is 37.2 Å². The number of hydrogen-bond acceptors (Lipinski definition) is 6. The number of nitrogens with one attached hydrogen (secondary N) is 1. The molecule has 10 heteroatoms. The number of carbonyl (C=O) groups is 1. The predicted octanol–water partition coefficient (Wildman–Crippen LogP) is 2.98. The Morgan fingerprint density at radius 3 is 2.62 bits per heavy atom. The number of hydrogen-bond donors (Lipinski definition) is 2. The molecule has 2 aliphatic heterocycles. The summed E-state index contributed by atoms with van der Waals surface area (Å²) in [7, 11) is 0. The van der Waals surface area contributed by atoms with Crippen LogP contribution in [0.25, 0.3) is 0 Å². The summed E-state index contributed by atoms with van der Waals surface area (Å²) in [6.07, 6.45) is 2.17. The highest BCUT2D eigenvalue weighted by Gasteiger charge is 2.41. The first-order chi connectivity index (χ1) is 15.2. The number of aromatic nitrogens is 1. The molecule has 1 aromatic heterocycles. The van der Waals surface area contributed by atoms with Crippen LogP contribution < -0.4 is 5.32 Å². The first kappa shape index (κ1) is 23.2. The lowest BCUT2D eigenvalue weighted by Gasteiger charge is -2.36. The van der Waals surface area contributed by atoms with E-state index in [1.165, 1.54) is 17.4 Å². The SMILES string of the molecule is O=C(CN1CCC(O)(CN2CCC(F)(F)CC2)C1)Nc1ncc(Cc2ccccc2F)s1. The quantitative estimate of drug-likeness (QED) is 0.654. The minimum absolute atomic E-state index is 0.114. The van der Waals surface area contributed by atoms with Gasteiger partial charge < -0.3 is 10.4 Å². The Morgan fingerprint density at radius 2 is 1.88 bits per heavy atom. The van der Waals surface area contributed by atoms with Crippen LogP contribution >= 0.6 is 11.3 Å². The maximum absolute atomic E-state index is 13.8. The molecule has 2 saturated heterocycles. The number of nitrogens with zero attached hydrogens (tertiary/aromatic N) is 3. The Bertz CT molecular complexity index is 947. The highest BCUT2D eigenvalue weighted by Crippen LogP contribution is 2.30. The first-order valence-electron chi connectivity index (χ1n) is 10.7. The molecule has 4 rings (SSSR count). The maximum atomic E-state index is 13.8. The first-order valence-corrected chi connectivity index (χ1v) is 11.5. The second-order valence-electron chi connectivity index (χ2n) is 8.77. The van der Waals surface area contributed by atoms with Crippen molar-refractivity contribution in [3.05, 3.63) is 46.7 Å². The van der Waals surface area contributed by atoms with Crippen molar-refractivity contribution in [2.75, 3.05) is 44.6 Å². The van der Waals surface area contributed by atoms with Gasteiger partial charge in [-0.25, -0.2) is 18.2 Å². The van der Waals surface area contributed by atoms with Crippen LogP contribution in [-0.2, 0) is 11.2 Å². The third-order valence-corrected chi connectivity index (χ3v) is 6.92. The normalized spacial score (nSPS) is 24.0. The van der Waals surface area contributed by atoms with Gasteiger partial charge in [0.2, 0.25) is 5.91 Å². The zero-order chi connectivity index (χ0) is 22.8. The fourth-order valence-corrected chi connectivity index (χ4v) is 5.15. The van der Waals surface area contributed by atoms with Crippen LogP contribution in [0.15, 0.2) is 30.5 Å². The smallest absolute Gasteiger partial charge is 0.250 e. The van der Waals surface area contributed by atoms with Crippen LogP contribution in [0.3, 0.4) is 0 Å². The van der Waals surface area contributed by atoms with Crippen LogP contribution in [0.2, 0.25) is 0 Å². The number of alkyl halides is 2. The highest BCUT2D eigenvalue weighted by molar-refractivity contribution is 7.15. The van der Waals surface area contributed by atoms with Crippen molar-refractivity contribution < 1.29 is 23.1 Å². The van der Waals surface area contributed by atoms with Gasteiger partial charge in [0, 0.05) is 63.1 Å². The van der Waals surface area contributed by atoms with E-state index in [-0.39, 0.29) is 44.2 Å². The molecule has 0 saturated carbocycles. The molecule has 6 nitrogen and oxygen atoms in total. The largest absolute Gasteiger partial charge is 0.387 e. The zero-order valence-corrected chi connectivity index (χ0v) is 18.5. The standard InChI is InChI=1S/C22H27F3N4O2S/c23-18-4-2-1-3-16(18)11-17-12-26-20(32-17)27-19(30)13-29-8-5-21(31,15-29)14-28-9-6-22(24,25)7-10-28/h1-4,12,31H,5-11,13-15H2,(H,26,27,30). The summed E-state index contributed by atoms with van der Waals surface area (Å²) in [4.78, 5) is 21.2. The number of benzene rings is 1. The number of carbonyl (C=O) groups excluding carboxylic acids is 1.